The molecule has 5 heteroatoms. The Labute approximate surface area is 130 Å². The molecule has 1 aromatic carbocycles. The van der Waals surface area contributed by atoms with Gasteiger partial charge in [0.05, 0.1) is 0 Å². The monoisotopic (exact) mass is 306 g/mol. The minimum Gasteiger partial charge on any atom is -0.340 e. The van der Waals surface area contributed by atoms with Crippen LogP contribution < -0.4 is 5.32 Å². The number of hydrogen-bond acceptors (Lipinski definition) is 3. The Morgan fingerprint density at radius 1 is 1.29 bits per heavy atom. The molecule has 0 aromatic heterocycles. The van der Waals surface area contributed by atoms with Crippen LogP contribution in [0.15, 0.2) is 30.3 Å². The number of carbonyl (C=O) groups is 2. The molecule has 1 atom stereocenters. The van der Waals surface area contributed by atoms with E-state index < -0.39 is 5.54 Å². The van der Waals surface area contributed by atoms with Gasteiger partial charge in [0, 0.05) is 19.5 Å². The Kier molecular flexibility index (Phi) is 5.28. The van der Waals surface area contributed by atoms with Gasteiger partial charge in [0.25, 0.3) is 5.91 Å². The highest BCUT2D eigenvalue weighted by Crippen LogP contribution is 2.26. The third kappa shape index (κ3) is 3.59. The molecule has 1 unspecified atom stereocenters. The first-order valence-corrected chi connectivity index (χ1v) is 8.62. The zero-order valence-corrected chi connectivity index (χ0v) is 13.4. The van der Waals surface area contributed by atoms with Crippen LogP contribution in [0.25, 0.3) is 0 Å². The first-order chi connectivity index (χ1) is 10.1. The second-order valence-electron chi connectivity index (χ2n) is 5.43. The van der Waals surface area contributed by atoms with Gasteiger partial charge in [0.1, 0.15) is 5.54 Å². The van der Waals surface area contributed by atoms with E-state index in [2.05, 4.69) is 11.6 Å². The molecule has 0 bridgehead atoms. The van der Waals surface area contributed by atoms with Crippen molar-refractivity contribution in [1.29, 1.82) is 0 Å². The maximum atomic E-state index is 12.9. The molecule has 2 amide bonds. The van der Waals surface area contributed by atoms with Gasteiger partial charge in [0.2, 0.25) is 5.91 Å². The fraction of sp³-hybridized carbons (Fsp3) is 0.500. The molecule has 0 radical (unpaired) electrons. The van der Waals surface area contributed by atoms with Gasteiger partial charge < -0.3 is 10.2 Å². The van der Waals surface area contributed by atoms with Crippen LogP contribution >= 0.6 is 11.8 Å². The van der Waals surface area contributed by atoms with Crippen LogP contribution in [0.5, 0.6) is 0 Å². The van der Waals surface area contributed by atoms with Crippen molar-refractivity contribution in [2.45, 2.75) is 25.3 Å². The van der Waals surface area contributed by atoms with Crippen LogP contribution in [0.2, 0.25) is 0 Å². The molecule has 1 fully saturated rings. The number of rotatable bonds is 5. The lowest BCUT2D eigenvalue weighted by Gasteiger charge is -2.32. The largest absolute Gasteiger partial charge is 0.340 e. The summed E-state index contributed by atoms with van der Waals surface area (Å²) in [5.74, 6) is 0.940. The van der Waals surface area contributed by atoms with Crippen molar-refractivity contribution in [3.05, 3.63) is 35.9 Å². The molecule has 2 rings (SSSR count). The summed E-state index contributed by atoms with van der Waals surface area (Å²) in [6.07, 6.45) is 3.38. The topological polar surface area (TPSA) is 49.4 Å². The van der Waals surface area contributed by atoms with E-state index in [1.165, 1.54) is 0 Å². The molecule has 1 aromatic rings. The maximum absolute atomic E-state index is 12.9. The average molecular weight is 306 g/mol. The number of hydrogen-bond donors (Lipinski definition) is 1. The van der Waals surface area contributed by atoms with E-state index in [1.807, 2.05) is 35.2 Å². The summed E-state index contributed by atoms with van der Waals surface area (Å²) in [5, 5.41) is 2.91. The normalized spacial score (nSPS) is 22.9. The van der Waals surface area contributed by atoms with Crippen molar-refractivity contribution in [3.8, 4) is 0 Å². The maximum Gasteiger partial charge on any atom is 0.252 e. The second-order valence-corrected chi connectivity index (χ2v) is 6.41. The molecular formula is C16H22N2O2S. The minimum atomic E-state index is -0.964. The van der Waals surface area contributed by atoms with Gasteiger partial charge in [-0.25, -0.2) is 0 Å². The van der Waals surface area contributed by atoms with Crippen molar-refractivity contribution in [2.75, 3.05) is 25.1 Å². The molecule has 4 nitrogen and oxygen atoms in total. The second kappa shape index (κ2) is 6.98. The Balaban J connectivity index is 2.25. The number of thioether (sulfide) groups is 1. The fourth-order valence-corrected chi connectivity index (χ4v) is 3.05. The molecule has 0 spiro atoms. The zero-order chi connectivity index (χ0) is 15.3. The SMILES string of the molecule is CSCCCN1CCC(=O)NC(C)(c2ccccc2)C1=O. The van der Waals surface area contributed by atoms with E-state index in [4.69, 9.17) is 0 Å². The van der Waals surface area contributed by atoms with Crippen molar-refractivity contribution >= 4 is 23.6 Å². The van der Waals surface area contributed by atoms with Gasteiger partial charge in [-0.15, -0.1) is 0 Å². The van der Waals surface area contributed by atoms with Crippen molar-refractivity contribution in [3.63, 3.8) is 0 Å². The number of nitrogens with one attached hydrogen (secondary N) is 1. The van der Waals surface area contributed by atoms with Crippen molar-refractivity contribution in [1.82, 2.24) is 10.2 Å². The molecule has 1 aliphatic heterocycles. The van der Waals surface area contributed by atoms with E-state index in [0.29, 0.717) is 19.5 Å². The smallest absolute Gasteiger partial charge is 0.252 e. The van der Waals surface area contributed by atoms with Gasteiger partial charge in [0.15, 0.2) is 0 Å². The van der Waals surface area contributed by atoms with Gasteiger partial charge >= 0.3 is 0 Å². The Morgan fingerprint density at radius 2 is 2.00 bits per heavy atom. The van der Waals surface area contributed by atoms with Gasteiger partial charge in [-0.3, -0.25) is 9.59 Å². The molecule has 1 N–H and O–H groups in total. The van der Waals surface area contributed by atoms with Crippen LogP contribution in [-0.4, -0.2) is 41.8 Å². The van der Waals surface area contributed by atoms with Crippen LogP contribution in [-0.2, 0) is 15.1 Å². The number of benzene rings is 1. The molecule has 0 saturated carbocycles. The molecule has 1 heterocycles. The lowest BCUT2D eigenvalue weighted by atomic mass is 9.90. The standard InChI is InChI=1S/C16H22N2O2S/c1-16(13-7-4-3-5-8-13)15(20)18(10-6-12-21-2)11-9-14(19)17-16/h3-5,7-8H,6,9-12H2,1-2H3,(H,17,19). The highest BCUT2D eigenvalue weighted by atomic mass is 32.2. The zero-order valence-electron chi connectivity index (χ0n) is 12.6. The summed E-state index contributed by atoms with van der Waals surface area (Å²) in [4.78, 5) is 26.7. The highest BCUT2D eigenvalue weighted by Gasteiger charge is 2.41. The minimum absolute atomic E-state index is 0.0133. The highest BCUT2D eigenvalue weighted by molar-refractivity contribution is 7.98. The predicted octanol–water partition coefficient (Wildman–Crippen LogP) is 2.00. The van der Waals surface area contributed by atoms with Crippen LogP contribution in [0, 0.1) is 0 Å². The fourth-order valence-electron chi connectivity index (χ4n) is 2.63. The van der Waals surface area contributed by atoms with E-state index in [1.54, 1.807) is 18.7 Å². The van der Waals surface area contributed by atoms with Crippen LogP contribution in [0.1, 0.15) is 25.3 Å². The summed E-state index contributed by atoms with van der Waals surface area (Å²) < 4.78 is 0. The number of nitrogens with zero attached hydrogens (tertiary/aromatic N) is 1. The molecule has 0 aliphatic carbocycles. The first kappa shape index (κ1) is 15.9. The molecule has 1 aliphatic rings. The third-order valence-corrected chi connectivity index (χ3v) is 4.54. The molecular weight excluding hydrogens is 284 g/mol. The molecule has 21 heavy (non-hydrogen) atoms. The van der Waals surface area contributed by atoms with E-state index in [9.17, 15) is 9.59 Å². The summed E-state index contributed by atoms with van der Waals surface area (Å²) >= 11 is 1.77. The van der Waals surface area contributed by atoms with Crippen molar-refractivity contribution < 1.29 is 9.59 Å². The van der Waals surface area contributed by atoms with E-state index >= 15 is 0 Å². The summed E-state index contributed by atoms with van der Waals surface area (Å²) in [6, 6.07) is 9.48. The lowest BCUT2D eigenvalue weighted by Crippen LogP contribution is -2.52. The molecule has 1 saturated heterocycles. The Morgan fingerprint density at radius 3 is 2.67 bits per heavy atom. The Bertz CT molecular complexity index is 506. The third-order valence-electron chi connectivity index (χ3n) is 3.84. The van der Waals surface area contributed by atoms with Gasteiger partial charge in [-0.2, -0.15) is 11.8 Å². The number of amides is 2. The lowest BCUT2D eigenvalue weighted by molar-refractivity contribution is -0.138. The summed E-state index contributed by atoms with van der Waals surface area (Å²) in [7, 11) is 0. The number of carbonyl (C=O) groups excluding carboxylic acids is 2. The first-order valence-electron chi connectivity index (χ1n) is 7.23. The predicted molar refractivity (Wildman–Crippen MR) is 86.1 cm³/mol. The van der Waals surface area contributed by atoms with Gasteiger partial charge in [-0.05, 0) is 30.9 Å². The van der Waals surface area contributed by atoms with E-state index in [-0.39, 0.29) is 11.8 Å². The Hall–Kier alpha value is -1.49. The quantitative estimate of drug-likeness (QED) is 0.847. The van der Waals surface area contributed by atoms with Crippen LogP contribution in [0.4, 0.5) is 0 Å². The van der Waals surface area contributed by atoms with Crippen LogP contribution in [0.3, 0.4) is 0 Å². The van der Waals surface area contributed by atoms with Crippen molar-refractivity contribution in [2.24, 2.45) is 0 Å². The summed E-state index contributed by atoms with van der Waals surface area (Å²) in [6.45, 7) is 3.01. The average Bonchev–Trinajstić information content (AvgIpc) is 2.60. The summed E-state index contributed by atoms with van der Waals surface area (Å²) in [5.41, 5.74) is -0.131. The van der Waals surface area contributed by atoms with Gasteiger partial charge in [-0.1, -0.05) is 30.3 Å². The van der Waals surface area contributed by atoms with E-state index in [0.717, 1.165) is 17.7 Å². The molecule has 114 valence electrons.